The summed E-state index contributed by atoms with van der Waals surface area (Å²) in [5, 5.41) is 18.2. The molecule has 1 aliphatic heterocycles. The van der Waals surface area contributed by atoms with Gasteiger partial charge in [-0.25, -0.2) is 8.51 Å². The molecule has 1 fully saturated rings. The fourth-order valence-electron chi connectivity index (χ4n) is 2.53. The summed E-state index contributed by atoms with van der Waals surface area (Å²) in [6, 6.07) is 0.0339. The molecule has 1 unspecified atom stereocenters. The second-order valence-corrected chi connectivity index (χ2v) is 8.30. The van der Waals surface area contributed by atoms with Crippen molar-refractivity contribution in [2.75, 3.05) is 19.8 Å². The van der Waals surface area contributed by atoms with Gasteiger partial charge in [0, 0.05) is 25.8 Å². The lowest BCUT2D eigenvalue weighted by Crippen LogP contribution is -2.41. The molecule has 5 heteroatoms. The Balaban J connectivity index is 2.97. The van der Waals surface area contributed by atoms with Gasteiger partial charge in [0.1, 0.15) is 11.0 Å². The Hall–Kier alpha value is -0.230. The van der Waals surface area contributed by atoms with Crippen LogP contribution in [0, 0.1) is 5.92 Å². The Morgan fingerprint density at radius 3 is 2.47 bits per heavy atom. The van der Waals surface area contributed by atoms with Gasteiger partial charge in [0.2, 0.25) is 0 Å². The molecule has 0 bridgehead atoms. The molecule has 0 radical (unpaired) electrons. The van der Waals surface area contributed by atoms with E-state index in [0.29, 0.717) is 18.8 Å². The molecule has 1 saturated heterocycles. The first kappa shape index (κ1) is 16.8. The molecule has 0 saturated carbocycles. The van der Waals surface area contributed by atoms with Crippen LogP contribution in [0.3, 0.4) is 0 Å². The lowest BCUT2D eigenvalue weighted by molar-refractivity contribution is 0.257. The van der Waals surface area contributed by atoms with E-state index in [1.165, 1.54) is 5.57 Å². The maximum Gasteiger partial charge on any atom is 0.100 e. The highest BCUT2D eigenvalue weighted by atomic mass is 32.2. The fraction of sp³-hybridized carbons (Fsp3) is 0.857. The first-order valence-electron chi connectivity index (χ1n) is 6.93. The number of hydrogen-bond acceptors (Lipinski definition) is 3. The molecule has 2 N–H and O–H groups in total. The van der Waals surface area contributed by atoms with Crippen molar-refractivity contribution in [2.45, 2.75) is 51.3 Å². The van der Waals surface area contributed by atoms with E-state index in [4.69, 9.17) is 5.11 Å². The number of rotatable bonds is 5. The first-order valence-corrected chi connectivity index (χ1v) is 8.04. The molecule has 0 aromatic heterocycles. The predicted octanol–water partition coefficient (Wildman–Crippen LogP) is 1.46. The van der Waals surface area contributed by atoms with Crippen molar-refractivity contribution in [3.63, 3.8) is 0 Å². The number of aliphatic hydroxyl groups is 2. The van der Waals surface area contributed by atoms with Crippen LogP contribution in [0.1, 0.15) is 40.5 Å². The minimum absolute atomic E-state index is 0.0339. The van der Waals surface area contributed by atoms with Crippen LogP contribution in [0.25, 0.3) is 0 Å². The van der Waals surface area contributed by atoms with Crippen molar-refractivity contribution in [2.24, 2.45) is 5.92 Å². The largest absolute Gasteiger partial charge is 0.396 e. The summed E-state index contributed by atoms with van der Waals surface area (Å²) in [5.41, 5.74) is 1.21. The van der Waals surface area contributed by atoms with Gasteiger partial charge in [-0.05, 0) is 39.5 Å². The molecule has 4 nitrogen and oxygen atoms in total. The minimum Gasteiger partial charge on any atom is -0.396 e. The van der Waals surface area contributed by atoms with Crippen LogP contribution in [0.4, 0.5) is 0 Å². The summed E-state index contributed by atoms with van der Waals surface area (Å²) >= 11 is 0. The maximum absolute atomic E-state index is 12.6. The molecule has 0 aliphatic carbocycles. The van der Waals surface area contributed by atoms with Crippen molar-refractivity contribution < 1.29 is 14.4 Å². The molecule has 3 atom stereocenters. The predicted molar refractivity (Wildman–Crippen MR) is 79.0 cm³/mol. The number of aliphatic hydroxyl groups excluding tert-OH is 2. The lowest BCUT2D eigenvalue weighted by Gasteiger charge is -2.30. The molecule has 0 spiro atoms. The summed E-state index contributed by atoms with van der Waals surface area (Å²) in [6.07, 6.45) is 3.27. The zero-order valence-corrected chi connectivity index (χ0v) is 13.2. The molecule has 112 valence electrons. The molecule has 0 amide bonds. The van der Waals surface area contributed by atoms with E-state index in [2.05, 4.69) is 6.92 Å². The van der Waals surface area contributed by atoms with Gasteiger partial charge in [-0.3, -0.25) is 0 Å². The standard InChI is InChI=1S/C14H27NO3S/c1-11-10-15(19(18)14(2,3)4)13(7-9-17)12(11)6-5-8-16/h6,11,13,16-17H,5,7-10H2,1-4H3/b12-6-/t11-,13-,19?/m1/s1. The molecule has 1 aliphatic rings. The Bertz CT molecular complexity index is 349. The summed E-state index contributed by atoms with van der Waals surface area (Å²) in [4.78, 5) is 0. The van der Waals surface area contributed by atoms with Crippen LogP contribution >= 0.6 is 0 Å². The van der Waals surface area contributed by atoms with Crippen LogP contribution in [0.5, 0.6) is 0 Å². The number of hydrogen-bond donors (Lipinski definition) is 2. The van der Waals surface area contributed by atoms with Crippen molar-refractivity contribution in [3.8, 4) is 0 Å². The summed E-state index contributed by atoms with van der Waals surface area (Å²) < 4.78 is 14.3. The molecule has 1 rings (SSSR count). The third kappa shape index (κ3) is 4.12. The molecule has 1 heterocycles. The highest BCUT2D eigenvalue weighted by molar-refractivity contribution is 7.84. The van der Waals surface area contributed by atoms with Crippen LogP contribution in [-0.2, 0) is 11.0 Å². The summed E-state index contributed by atoms with van der Waals surface area (Å²) in [6.45, 7) is 9.01. The summed E-state index contributed by atoms with van der Waals surface area (Å²) in [7, 11) is -1.07. The molecule has 0 aromatic rings. The third-order valence-electron chi connectivity index (χ3n) is 3.40. The van der Waals surface area contributed by atoms with E-state index in [1.54, 1.807) is 0 Å². The summed E-state index contributed by atoms with van der Waals surface area (Å²) in [5.74, 6) is 0.328. The molecule has 19 heavy (non-hydrogen) atoms. The zero-order chi connectivity index (χ0) is 14.6. The highest BCUT2D eigenvalue weighted by Gasteiger charge is 2.40. The SMILES string of the molecule is C[C@@H]1CN(S(=O)C(C)(C)C)[C@H](CCO)/C1=C\CCO. The van der Waals surface area contributed by atoms with Crippen LogP contribution in [-0.4, -0.2) is 49.3 Å². The quantitative estimate of drug-likeness (QED) is 0.753. The van der Waals surface area contributed by atoms with E-state index in [9.17, 15) is 9.32 Å². The smallest absolute Gasteiger partial charge is 0.100 e. The van der Waals surface area contributed by atoms with Gasteiger partial charge in [0.05, 0.1) is 4.75 Å². The second kappa shape index (κ2) is 6.97. The normalized spacial score (nSPS) is 29.1. The Morgan fingerprint density at radius 1 is 1.37 bits per heavy atom. The van der Waals surface area contributed by atoms with Crippen molar-refractivity contribution in [1.82, 2.24) is 4.31 Å². The minimum atomic E-state index is -1.07. The molecule has 0 aromatic carbocycles. The van der Waals surface area contributed by atoms with Crippen LogP contribution in [0.15, 0.2) is 11.6 Å². The lowest BCUT2D eigenvalue weighted by atomic mass is 9.97. The van der Waals surface area contributed by atoms with Gasteiger partial charge < -0.3 is 10.2 Å². The van der Waals surface area contributed by atoms with E-state index in [-0.39, 0.29) is 24.0 Å². The zero-order valence-electron chi connectivity index (χ0n) is 12.4. The Morgan fingerprint density at radius 2 is 2.00 bits per heavy atom. The third-order valence-corrected chi connectivity index (χ3v) is 5.28. The maximum atomic E-state index is 12.6. The Kier molecular flexibility index (Phi) is 6.17. The molecular formula is C14H27NO3S. The fourth-order valence-corrected chi connectivity index (χ4v) is 4.05. The van der Waals surface area contributed by atoms with Crippen LogP contribution < -0.4 is 0 Å². The van der Waals surface area contributed by atoms with Gasteiger partial charge in [0.15, 0.2) is 0 Å². The topological polar surface area (TPSA) is 60.8 Å². The van der Waals surface area contributed by atoms with E-state index < -0.39 is 11.0 Å². The van der Waals surface area contributed by atoms with Gasteiger partial charge in [-0.15, -0.1) is 0 Å². The van der Waals surface area contributed by atoms with Gasteiger partial charge >= 0.3 is 0 Å². The van der Waals surface area contributed by atoms with Gasteiger partial charge in [-0.2, -0.15) is 0 Å². The molecular weight excluding hydrogens is 262 g/mol. The number of nitrogens with zero attached hydrogens (tertiary/aromatic N) is 1. The average molecular weight is 289 g/mol. The average Bonchev–Trinajstić information content (AvgIpc) is 2.62. The van der Waals surface area contributed by atoms with E-state index in [0.717, 1.165) is 6.54 Å². The van der Waals surface area contributed by atoms with Crippen molar-refractivity contribution in [3.05, 3.63) is 11.6 Å². The van der Waals surface area contributed by atoms with Gasteiger partial charge in [-0.1, -0.05) is 18.6 Å². The Labute approximate surface area is 119 Å². The van der Waals surface area contributed by atoms with E-state index >= 15 is 0 Å². The first-order chi connectivity index (χ1) is 8.82. The van der Waals surface area contributed by atoms with Crippen molar-refractivity contribution >= 4 is 11.0 Å². The van der Waals surface area contributed by atoms with Crippen molar-refractivity contribution in [1.29, 1.82) is 0 Å². The van der Waals surface area contributed by atoms with Crippen LogP contribution in [0.2, 0.25) is 0 Å². The second-order valence-electron chi connectivity index (χ2n) is 6.11. The highest BCUT2D eigenvalue weighted by Crippen LogP contribution is 2.35. The monoisotopic (exact) mass is 289 g/mol. The van der Waals surface area contributed by atoms with Gasteiger partial charge in [0.25, 0.3) is 0 Å². The van der Waals surface area contributed by atoms with E-state index in [1.807, 2.05) is 31.2 Å².